The minimum absolute atomic E-state index is 0.174. The van der Waals surface area contributed by atoms with Gasteiger partial charge >= 0.3 is 0 Å². The minimum atomic E-state index is -0.174. The largest absolute Gasteiger partial charge is 0.480 e. The van der Waals surface area contributed by atoms with Crippen LogP contribution in [0.3, 0.4) is 0 Å². The molecule has 0 saturated heterocycles. The first kappa shape index (κ1) is 14.4. The number of fused-ring (bicyclic) bond motifs is 2. The normalized spacial score (nSPS) is 13.5. The van der Waals surface area contributed by atoms with Gasteiger partial charge in [0.05, 0.1) is 33.8 Å². The highest BCUT2D eigenvalue weighted by Crippen LogP contribution is 2.30. The number of rotatable bonds is 2. The van der Waals surface area contributed by atoms with Crippen molar-refractivity contribution < 1.29 is 5.11 Å². The molecule has 3 aromatic heterocycles. The van der Waals surface area contributed by atoms with Crippen molar-refractivity contribution in [3.05, 3.63) is 52.8 Å². The lowest BCUT2D eigenvalue weighted by atomic mass is 10.1. The van der Waals surface area contributed by atoms with E-state index in [9.17, 15) is 5.11 Å². The molecule has 8 heteroatoms. The Balaban J connectivity index is 1.56. The summed E-state index contributed by atoms with van der Waals surface area (Å²) >= 11 is 6.35. The quantitative estimate of drug-likeness (QED) is 0.516. The van der Waals surface area contributed by atoms with Gasteiger partial charge in [0, 0.05) is 24.2 Å². The zero-order valence-electron chi connectivity index (χ0n) is 13.0. The van der Waals surface area contributed by atoms with Gasteiger partial charge < -0.3 is 15.4 Å². The van der Waals surface area contributed by atoms with E-state index in [4.69, 9.17) is 11.6 Å². The van der Waals surface area contributed by atoms with Gasteiger partial charge in [-0.2, -0.15) is 10.1 Å². The molecule has 0 unspecified atom stereocenters. The van der Waals surface area contributed by atoms with Crippen molar-refractivity contribution in [2.24, 2.45) is 0 Å². The molecular weight excluding hydrogens is 340 g/mol. The van der Waals surface area contributed by atoms with Crippen LogP contribution in [-0.4, -0.2) is 29.8 Å². The number of nitrogens with zero attached hydrogens (tertiary/aromatic N) is 4. The molecule has 0 aliphatic carbocycles. The van der Waals surface area contributed by atoms with E-state index in [0.29, 0.717) is 21.9 Å². The number of aromatic nitrogens is 5. The van der Waals surface area contributed by atoms with Gasteiger partial charge in [-0.3, -0.25) is 0 Å². The van der Waals surface area contributed by atoms with Crippen LogP contribution in [0.5, 0.6) is 6.01 Å². The van der Waals surface area contributed by atoms with Crippen molar-refractivity contribution in [2.75, 3.05) is 0 Å². The van der Waals surface area contributed by atoms with Crippen LogP contribution in [0.1, 0.15) is 11.3 Å². The fourth-order valence-corrected chi connectivity index (χ4v) is 3.41. The zero-order valence-corrected chi connectivity index (χ0v) is 13.7. The van der Waals surface area contributed by atoms with E-state index in [0.717, 1.165) is 24.3 Å². The Labute approximate surface area is 147 Å². The van der Waals surface area contributed by atoms with Crippen molar-refractivity contribution in [1.82, 2.24) is 30.0 Å². The molecule has 0 saturated carbocycles. The Morgan fingerprint density at radius 2 is 1.96 bits per heavy atom. The summed E-state index contributed by atoms with van der Waals surface area (Å²) in [4.78, 5) is 11.1. The Bertz CT molecular complexity index is 1100. The van der Waals surface area contributed by atoms with Crippen LogP contribution in [0.25, 0.3) is 28.1 Å². The lowest BCUT2D eigenvalue weighted by Crippen LogP contribution is -2.07. The predicted molar refractivity (Wildman–Crippen MR) is 93.7 cm³/mol. The van der Waals surface area contributed by atoms with Crippen molar-refractivity contribution in [1.29, 1.82) is 0 Å². The summed E-state index contributed by atoms with van der Waals surface area (Å²) in [6.45, 7) is 1.69. The highest BCUT2D eigenvalue weighted by molar-refractivity contribution is 6.33. The number of benzene rings is 1. The summed E-state index contributed by atoms with van der Waals surface area (Å²) in [6.07, 6.45) is 1.90. The van der Waals surface area contributed by atoms with Crippen LogP contribution in [0.2, 0.25) is 5.02 Å². The SMILES string of the molecule is Oc1nc2nc(-c3ccc(-n4ncc5c4CNC5)cc3)c(Cl)cc2[nH]1. The number of imidazole rings is 1. The second-order valence-electron chi connectivity index (χ2n) is 5.93. The third-order valence-corrected chi connectivity index (χ3v) is 4.65. The topological polar surface area (TPSA) is 91.7 Å². The van der Waals surface area contributed by atoms with E-state index >= 15 is 0 Å². The predicted octanol–water partition coefficient (Wildman–Crippen LogP) is 2.77. The summed E-state index contributed by atoms with van der Waals surface area (Å²) in [5, 5.41) is 17.7. The van der Waals surface area contributed by atoms with Gasteiger partial charge in [0.25, 0.3) is 6.01 Å². The Morgan fingerprint density at radius 3 is 2.80 bits per heavy atom. The number of aromatic amines is 1. The molecule has 4 aromatic rings. The molecule has 4 heterocycles. The Morgan fingerprint density at radius 1 is 1.12 bits per heavy atom. The van der Waals surface area contributed by atoms with Crippen molar-refractivity contribution in [3.63, 3.8) is 0 Å². The summed E-state index contributed by atoms with van der Waals surface area (Å²) in [6, 6.07) is 9.44. The number of H-pyrrole nitrogens is 1. The maximum absolute atomic E-state index is 9.46. The molecule has 0 atom stereocenters. The van der Waals surface area contributed by atoms with Crippen LogP contribution in [0.15, 0.2) is 36.5 Å². The average Bonchev–Trinajstić information content (AvgIpc) is 3.28. The highest BCUT2D eigenvalue weighted by atomic mass is 35.5. The number of pyridine rings is 1. The lowest BCUT2D eigenvalue weighted by Gasteiger charge is -2.08. The average molecular weight is 353 g/mol. The molecule has 5 rings (SSSR count). The number of hydrogen-bond donors (Lipinski definition) is 3. The number of hydrogen-bond acceptors (Lipinski definition) is 5. The number of halogens is 1. The van der Waals surface area contributed by atoms with Crippen LogP contribution >= 0.6 is 11.6 Å². The third kappa shape index (κ3) is 2.28. The van der Waals surface area contributed by atoms with E-state index in [1.165, 1.54) is 11.3 Å². The molecule has 0 fully saturated rings. The Hall–Kier alpha value is -2.90. The van der Waals surface area contributed by atoms with E-state index < -0.39 is 0 Å². The molecule has 0 spiro atoms. The molecule has 1 aromatic carbocycles. The monoisotopic (exact) mass is 352 g/mol. The first-order chi connectivity index (χ1) is 12.2. The van der Waals surface area contributed by atoms with Crippen molar-refractivity contribution in [2.45, 2.75) is 13.1 Å². The summed E-state index contributed by atoms with van der Waals surface area (Å²) in [5.74, 6) is 0. The van der Waals surface area contributed by atoms with E-state index in [1.807, 2.05) is 35.1 Å². The summed E-state index contributed by atoms with van der Waals surface area (Å²) < 4.78 is 1.95. The third-order valence-electron chi connectivity index (χ3n) is 4.36. The van der Waals surface area contributed by atoms with E-state index in [-0.39, 0.29) is 6.01 Å². The standard InChI is InChI=1S/C17H13ClN6O/c18-12-5-13-16(23-17(25)21-13)22-15(12)9-1-3-11(4-2-9)24-14-8-19-6-10(14)7-20-24/h1-5,7,19H,6,8H2,(H2,21,22,23,25). The molecule has 0 bridgehead atoms. The molecule has 7 nitrogen and oxygen atoms in total. The van der Waals surface area contributed by atoms with Crippen LogP contribution in [-0.2, 0) is 13.1 Å². The summed E-state index contributed by atoms with van der Waals surface area (Å²) in [7, 11) is 0. The molecule has 0 amide bonds. The van der Waals surface area contributed by atoms with Gasteiger partial charge in [-0.25, -0.2) is 9.67 Å². The van der Waals surface area contributed by atoms with E-state index in [1.54, 1.807) is 6.07 Å². The highest BCUT2D eigenvalue weighted by Gasteiger charge is 2.17. The van der Waals surface area contributed by atoms with Crippen LogP contribution < -0.4 is 5.32 Å². The molecule has 1 aliphatic rings. The molecule has 25 heavy (non-hydrogen) atoms. The van der Waals surface area contributed by atoms with Gasteiger partial charge in [-0.1, -0.05) is 23.7 Å². The molecule has 3 N–H and O–H groups in total. The van der Waals surface area contributed by atoms with Gasteiger partial charge in [-0.15, -0.1) is 0 Å². The van der Waals surface area contributed by atoms with Crippen molar-refractivity contribution in [3.8, 4) is 23.0 Å². The second kappa shape index (κ2) is 5.30. The summed E-state index contributed by atoms with van der Waals surface area (Å²) in [5.41, 5.74) is 5.94. The fourth-order valence-electron chi connectivity index (χ4n) is 3.15. The number of nitrogens with one attached hydrogen (secondary N) is 2. The molecular formula is C17H13ClN6O. The first-order valence-electron chi connectivity index (χ1n) is 7.81. The van der Waals surface area contributed by atoms with Gasteiger partial charge in [0.15, 0.2) is 5.65 Å². The van der Waals surface area contributed by atoms with Gasteiger partial charge in [0.1, 0.15) is 0 Å². The Kier molecular flexibility index (Phi) is 3.06. The zero-order chi connectivity index (χ0) is 17.0. The molecule has 1 aliphatic heterocycles. The lowest BCUT2D eigenvalue weighted by molar-refractivity contribution is 0.438. The molecule has 0 radical (unpaired) electrons. The maximum atomic E-state index is 9.46. The minimum Gasteiger partial charge on any atom is -0.480 e. The van der Waals surface area contributed by atoms with Crippen LogP contribution in [0.4, 0.5) is 0 Å². The second-order valence-corrected chi connectivity index (χ2v) is 6.34. The number of aromatic hydroxyl groups is 1. The molecule has 124 valence electrons. The van der Waals surface area contributed by atoms with E-state index in [2.05, 4.69) is 25.4 Å². The van der Waals surface area contributed by atoms with Gasteiger partial charge in [-0.05, 0) is 18.2 Å². The van der Waals surface area contributed by atoms with Crippen LogP contribution in [0, 0.1) is 0 Å². The van der Waals surface area contributed by atoms with Crippen molar-refractivity contribution >= 4 is 22.8 Å². The fraction of sp³-hybridized carbons (Fsp3) is 0.118. The smallest absolute Gasteiger partial charge is 0.293 e. The maximum Gasteiger partial charge on any atom is 0.293 e. The van der Waals surface area contributed by atoms with Gasteiger partial charge in [0.2, 0.25) is 0 Å². The first-order valence-corrected chi connectivity index (χ1v) is 8.19.